The van der Waals surface area contributed by atoms with E-state index in [1.165, 1.54) is 6.07 Å². The first-order valence-corrected chi connectivity index (χ1v) is 6.96. The molecule has 0 saturated heterocycles. The van der Waals surface area contributed by atoms with Gasteiger partial charge in [-0.15, -0.1) is 0 Å². The van der Waals surface area contributed by atoms with Crippen LogP contribution in [0, 0.1) is 11.6 Å². The summed E-state index contributed by atoms with van der Waals surface area (Å²) >= 11 is 0. The molecule has 0 fully saturated rings. The van der Waals surface area contributed by atoms with Gasteiger partial charge in [0.1, 0.15) is 0 Å². The van der Waals surface area contributed by atoms with Gasteiger partial charge in [0.2, 0.25) is 0 Å². The number of ether oxygens (including phenoxy) is 2. The standard InChI is InChI=1S/C17H19F2NO2/c1-11(20-13-5-6-14(18)15(19)10-13)8-12-4-7-16(21-2)17(9-12)22-3/h4-7,9-11,20H,8H2,1-3H3/t11-/m0/s1. The molecule has 0 aliphatic carbocycles. The molecule has 5 heteroatoms. The highest BCUT2D eigenvalue weighted by molar-refractivity contribution is 5.46. The Morgan fingerprint density at radius 3 is 2.32 bits per heavy atom. The van der Waals surface area contributed by atoms with Crippen LogP contribution < -0.4 is 14.8 Å². The van der Waals surface area contributed by atoms with Crippen LogP contribution in [0.2, 0.25) is 0 Å². The zero-order valence-electron chi connectivity index (χ0n) is 12.8. The Kier molecular flexibility index (Phi) is 5.20. The van der Waals surface area contributed by atoms with Crippen LogP contribution in [0.15, 0.2) is 36.4 Å². The molecule has 0 saturated carbocycles. The van der Waals surface area contributed by atoms with Gasteiger partial charge in [0.25, 0.3) is 0 Å². The van der Waals surface area contributed by atoms with E-state index in [0.717, 1.165) is 17.7 Å². The summed E-state index contributed by atoms with van der Waals surface area (Å²) in [6.07, 6.45) is 0.708. The van der Waals surface area contributed by atoms with Crippen LogP contribution in [0.25, 0.3) is 0 Å². The zero-order chi connectivity index (χ0) is 16.1. The normalized spacial score (nSPS) is 11.9. The van der Waals surface area contributed by atoms with Gasteiger partial charge in [-0.3, -0.25) is 0 Å². The van der Waals surface area contributed by atoms with Gasteiger partial charge in [-0.05, 0) is 43.2 Å². The number of hydrogen-bond acceptors (Lipinski definition) is 3. The zero-order valence-corrected chi connectivity index (χ0v) is 12.8. The number of hydrogen-bond donors (Lipinski definition) is 1. The summed E-state index contributed by atoms with van der Waals surface area (Å²) in [6.45, 7) is 1.97. The average molecular weight is 307 g/mol. The van der Waals surface area contributed by atoms with Crippen molar-refractivity contribution in [1.82, 2.24) is 0 Å². The molecule has 0 bridgehead atoms. The highest BCUT2D eigenvalue weighted by Gasteiger charge is 2.09. The fourth-order valence-electron chi connectivity index (χ4n) is 2.28. The lowest BCUT2D eigenvalue weighted by Gasteiger charge is -2.16. The van der Waals surface area contributed by atoms with Gasteiger partial charge >= 0.3 is 0 Å². The summed E-state index contributed by atoms with van der Waals surface area (Å²) in [4.78, 5) is 0. The molecule has 0 aromatic heterocycles. The topological polar surface area (TPSA) is 30.5 Å². The van der Waals surface area contributed by atoms with E-state index < -0.39 is 11.6 Å². The molecule has 0 heterocycles. The molecule has 0 amide bonds. The number of rotatable bonds is 6. The van der Waals surface area contributed by atoms with Gasteiger partial charge in [0.05, 0.1) is 14.2 Å². The van der Waals surface area contributed by atoms with Crippen LogP contribution >= 0.6 is 0 Å². The highest BCUT2D eigenvalue weighted by Crippen LogP contribution is 2.28. The van der Waals surface area contributed by atoms with Gasteiger partial charge in [-0.25, -0.2) is 8.78 Å². The van der Waals surface area contributed by atoms with E-state index in [0.29, 0.717) is 23.6 Å². The molecule has 2 rings (SSSR count). The molecule has 0 radical (unpaired) electrons. The summed E-state index contributed by atoms with van der Waals surface area (Å²) in [5.74, 6) is -0.367. The van der Waals surface area contributed by atoms with Gasteiger partial charge < -0.3 is 14.8 Å². The summed E-state index contributed by atoms with van der Waals surface area (Å²) in [7, 11) is 3.18. The van der Waals surface area contributed by atoms with E-state index in [1.54, 1.807) is 14.2 Å². The Morgan fingerprint density at radius 1 is 0.955 bits per heavy atom. The summed E-state index contributed by atoms with van der Waals surface area (Å²) in [5, 5.41) is 3.15. The van der Waals surface area contributed by atoms with Crippen LogP contribution in [0.4, 0.5) is 14.5 Å². The van der Waals surface area contributed by atoms with E-state index in [9.17, 15) is 8.78 Å². The Balaban J connectivity index is 2.05. The first kappa shape index (κ1) is 16.1. The second kappa shape index (κ2) is 7.11. The van der Waals surface area contributed by atoms with Crippen molar-refractivity contribution in [2.45, 2.75) is 19.4 Å². The molecule has 1 N–H and O–H groups in total. The van der Waals surface area contributed by atoms with Crippen LogP contribution in [-0.2, 0) is 6.42 Å². The summed E-state index contributed by atoms with van der Waals surface area (Å²) in [6, 6.07) is 9.53. The van der Waals surface area contributed by atoms with Crippen molar-refractivity contribution in [2.75, 3.05) is 19.5 Å². The second-order valence-electron chi connectivity index (χ2n) is 5.07. The number of halogens is 2. The Hall–Kier alpha value is -2.30. The molecule has 118 valence electrons. The fourth-order valence-corrected chi connectivity index (χ4v) is 2.28. The van der Waals surface area contributed by atoms with Crippen LogP contribution in [-0.4, -0.2) is 20.3 Å². The molecular formula is C17H19F2NO2. The smallest absolute Gasteiger partial charge is 0.160 e. The molecule has 2 aromatic rings. The van der Waals surface area contributed by atoms with Crippen molar-refractivity contribution < 1.29 is 18.3 Å². The quantitative estimate of drug-likeness (QED) is 0.874. The van der Waals surface area contributed by atoms with Gasteiger partial charge in [-0.2, -0.15) is 0 Å². The minimum atomic E-state index is -0.858. The van der Waals surface area contributed by atoms with Crippen molar-refractivity contribution >= 4 is 5.69 Å². The summed E-state index contributed by atoms with van der Waals surface area (Å²) in [5.41, 5.74) is 1.60. The van der Waals surface area contributed by atoms with Crippen molar-refractivity contribution in [3.8, 4) is 11.5 Å². The third-order valence-corrected chi connectivity index (χ3v) is 3.32. The minimum Gasteiger partial charge on any atom is -0.493 e. The second-order valence-corrected chi connectivity index (χ2v) is 5.07. The largest absolute Gasteiger partial charge is 0.493 e. The molecular weight excluding hydrogens is 288 g/mol. The first-order chi connectivity index (χ1) is 10.5. The van der Waals surface area contributed by atoms with Crippen LogP contribution in [0.3, 0.4) is 0 Å². The van der Waals surface area contributed by atoms with E-state index in [1.807, 2.05) is 25.1 Å². The van der Waals surface area contributed by atoms with Crippen molar-refractivity contribution in [1.29, 1.82) is 0 Å². The maximum Gasteiger partial charge on any atom is 0.160 e. The molecule has 1 atom stereocenters. The SMILES string of the molecule is COc1ccc(C[C@H](C)Nc2ccc(F)c(F)c2)cc1OC. The average Bonchev–Trinajstić information content (AvgIpc) is 2.50. The molecule has 3 nitrogen and oxygen atoms in total. The Morgan fingerprint density at radius 2 is 1.68 bits per heavy atom. The third kappa shape index (κ3) is 3.87. The number of methoxy groups -OCH3 is 2. The van der Waals surface area contributed by atoms with Gasteiger partial charge in [0.15, 0.2) is 23.1 Å². The maximum atomic E-state index is 13.2. The van der Waals surface area contributed by atoms with Crippen molar-refractivity contribution in [3.63, 3.8) is 0 Å². The van der Waals surface area contributed by atoms with E-state index >= 15 is 0 Å². The molecule has 22 heavy (non-hydrogen) atoms. The fraction of sp³-hybridized carbons (Fsp3) is 0.294. The molecule has 0 aliphatic rings. The Bertz CT molecular complexity index is 647. The predicted molar refractivity (Wildman–Crippen MR) is 82.7 cm³/mol. The predicted octanol–water partition coefficient (Wildman–Crippen LogP) is 4.03. The number of nitrogens with one attached hydrogen (secondary N) is 1. The lowest BCUT2D eigenvalue weighted by Crippen LogP contribution is -2.18. The van der Waals surface area contributed by atoms with Crippen LogP contribution in [0.5, 0.6) is 11.5 Å². The first-order valence-electron chi connectivity index (χ1n) is 6.96. The molecule has 0 spiro atoms. The summed E-state index contributed by atoms with van der Waals surface area (Å²) < 4.78 is 36.6. The molecule has 2 aromatic carbocycles. The van der Waals surface area contributed by atoms with E-state index in [2.05, 4.69) is 5.32 Å². The van der Waals surface area contributed by atoms with Gasteiger partial charge in [0, 0.05) is 17.8 Å². The number of anilines is 1. The van der Waals surface area contributed by atoms with Crippen LogP contribution in [0.1, 0.15) is 12.5 Å². The maximum absolute atomic E-state index is 13.2. The monoisotopic (exact) mass is 307 g/mol. The lowest BCUT2D eigenvalue weighted by molar-refractivity contribution is 0.354. The molecule has 0 unspecified atom stereocenters. The van der Waals surface area contributed by atoms with Gasteiger partial charge in [-0.1, -0.05) is 6.07 Å². The number of benzene rings is 2. The van der Waals surface area contributed by atoms with E-state index in [4.69, 9.17) is 9.47 Å². The minimum absolute atomic E-state index is 0.0444. The highest BCUT2D eigenvalue weighted by atomic mass is 19.2. The third-order valence-electron chi connectivity index (χ3n) is 3.32. The molecule has 0 aliphatic heterocycles. The van der Waals surface area contributed by atoms with Crippen molar-refractivity contribution in [2.24, 2.45) is 0 Å². The van der Waals surface area contributed by atoms with E-state index in [-0.39, 0.29) is 6.04 Å². The lowest BCUT2D eigenvalue weighted by atomic mass is 10.1. The van der Waals surface area contributed by atoms with Crippen molar-refractivity contribution in [3.05, 3.63) is 53.6 Å². The Labute approximate surface area is 128 Å².